The van der Waals surface area contributed by atoms with Crippen molar-refractivity contribution in [3.05, 3.63) is 34.3 Å². The second-order valence-corrected chi connectivity index (χ2v) is 6.45. The summed E-state index contributed by atoms with van der Waals surface area (Å²) in [5.41, 5.74) is 7.58. The Labute approximate surface area is 130 Å². The van der Waals surface area contributed by atoms with Gasteiger partial charge in [-0.1, -0.05) is 6.92 Å². The van der Waals surface area contributed by atoms with Crippen molar-refractivity contribution >= 4 is 22.7 Å². The maximum atomic E-state index is 5.94. The minimum absolute atomic E-state index is 0.103. The third kappa shape index (κ3) is 4.11. The number of hydrogen-bond donors (Lipinski definition) is 2. The average molecular weight is 305 g/mol. The Balaban J connectivity index is 2.11. The maximum absolute atomic E-state index is 5.94. The number of nitrogens with one attached hydrogen (secondary N) is 1. The van der Waals surface area contributed by atoms with Gasteiger partial charge in [-0.05, 0) is 39.3 Å². The first-order valence-electron chi connectivity index (χ1n) is 7.27. The van der Waals surface area contributed by atoms with Gasteiger partial charge in [0.05, 0.1) is 17.8 Å². The summed E-state index contributed by atoms with van der Waals surface area (Å²) < 4.78 is 5.72. The topological polar surface area (TPSA) is 60.2 Å². The first-order valence-corrected chi connectivity index (χ1v) is 8.08. The van der Waals surface area contributed by atoms with Gasteiger partial charge < -0.3 is 15.8 Å². The third-order valence-corrected chi connectivity index (χ3v) is 4.37. The molecule has 2 aromatic rings. The first kappa shape index (κ1) is 15.6. The van der Waals surface area contributed by atoms with Crippen LogP contribution in [0.5, 0.6) is 5.75 Å². The van der Waals surface area contributed by atoms with E-state index in [9.17, 15) is 0 Å². The smallest absolute Gasteiger partial charge is 0.144 e. The normalized spacial score (nSPS) is 12.4. The summed E-state index contributed by atoms with van der Waals surface area (Å²) in [5.74, 6) is 0.718. The van der Waals surface area contributed by atoms with E-state index in [0.717, 1.165) is 22.9 Å². The van der Waals surface area contributed by atoms with Crippen molar-refractivity contribution in [2.45, 2.75) is 46.3 Å². The van der Waals surface area contributed by atoms with E-state index in [4.69, 9.17) is 10.5 Å². The van der Waals surface area contributed by atoms with E-state index < -0.39 is 0 Å². The SMILES string of the molecule is CCc1cnc(C(C)Nc2ccc(N)c(OC(C)C)c2)s1. The Morgan fingerprint density at radius 3 is 2.71 bits per heavy atom. The molecule has 0 aliphatic heterocycles. The minimum Gasteiger partial charge on any atom is -0.489 e. The lowest BCUT2D eigenvalue weighted by atomic mass is 10.2. The number of benzene rings is 1. The summed E-state index contributed by atoms with van der Waals surface area (Å²) in [4.78, 5) is 5.78. The molecule has 4 nitrogen and oxygen atoms in total. The second-order valence-electron chi connectivity index (χ2n) is 5.30. The molecule has 114 valence electrons. The lowest BCUT2D eigenvalue weighted by Gasteiger charge is -2.16. The Morgan fingerprint density at radius 1 is 1.33 bits per heavy atom. The van der Waals surface area contributed by atoms with Crippen molar-refractivity contribution < 1.29 is 4.74 Å². The van der Waals surface area contributed by atoms with Gasteiger partial charge in [0.25, 0.3) is 0 Å². The molecule has 0 radical (unpaired) electrons. The van der Waals surface area contributed by atoms with E-state index in [1.807, 2.05) is 38.2 Å². The van der Waals surface area contributed by atoms with E-state index in [0.29, 0.717) is 5.69 Å². The van der Waals surface area contributed by atoms with E-state index in [1.54, 1.807) is 11.3 Å². The Kier molecular flexibility index (Phi) is 5.07. The number of anilines is 2. The number of hydrogen-bond acceptors (Lipinski definition) is 5. The van der Waals surface area contributed by atoms with E-state index in [2.05, 4.69) is 24.1 Å². The lowest BCUT2D eigenvalue weighted by molar-refractivity contribution is 0.244. The fourth-order valence-electron chi connectivity index (χ4n) is 1.98. The van der Waals surface area contributed by atoms with Gasteiger partial charge in [0.2, 0.25) is 0 Å². The molecule has 0 saturated heterocycles. The molecule has 0 fully saturated rings. The van der Waals surface area contributed by atoms with E-state index in [-0.39, 0.29) is 12.1 Å². The standard InChI is InChI=1S/C16H23N3OS/c1-5-13-9-18-16(21-13)11(4)19-12-6-7-14(17)15(8-12)20-10(2)3/h6-11,19H,5,17H2,1-4H3. The van der Waals surface area contributed by atoms with Crippen LogP contribution in [0.4, 0.5) is 11.4 Å². The molecule has 1 unspecified atom stereocenters. The molecule has 0 aliphatic carbocycles. The number of nitrogens with zero attached hydrogens (tertiary/aromatic N) is 1. The molecule has 3 N–H and O–H groups in total. The predicted octanol–water partition coefficient (Wildman–Crippen LogP) is 4.25. The van der Waals surface area contributed by atoms with Crippen LogP contribution in [0.1, 0.15) is 43.6 Å². The number of nitrogen functional groups attached to an aromatic ring is 1. The van der Waals surface area contributed by atoms with Gasteiger partial charge in [-0.3, -0.25) is 0 Å². The molecular formula is C16H23N3OS. The molecular weight excluding hydrogens is 282 g/mol. The molecule has 0 amide bonds. The van der Waals surface area contributed by atoms with E-state index in [1.165, 1.54) is 4.88 Å². The monoisotopic (exact) mass is 305 g/mol. The number of ether oxygens (including phenoxy) is 1. The first-order chi connectivity index (χ1) is 9.99. The molecule has 1 aromatic carbocycles. The van der Waals surface area contributed by atoms with Crippen LogP contribution < -0.4 is 15.8 Å². The quantitative estimate of drug-likeness (QED) is 0.783. The Bertz CT molecular complexity index is 595. The largest absolute Gasteiger partial charge is 0.489 e. The van der Waals surface area contributed by atoms with Crippen molar-refractivity contribution in [2.24, 2.45) is 0 Å². The van der Waals surface area contributed by atoms with Crippen LogP contribution in [0.3, 0.4) is 0 Å². The molecule has 1 aromatic heterocycles. The number of thiazole rings is 1. The predicted molar refractivity (Wildman–Crippen MR) is 90.1 cm³/mol. The Morgan fingerprint density at radius 2 is 2.10 bits per heavy atom. The highest BCUT2D eigenvalue weighted by atomic mass is 32.1. The second kappa shape index (κ2) is 6.80. The van der Waals surface area contributed by atoms with Crippen molar-refractivity contribution in [3.63, 3.8) is 0 Å². The van der Waals surface area contributed by atoms with Crippen molar-refractivity contribution in [3.8, 4) is 5.75 Å². The third-order valence-electron chi connectivity index (χ3n) is 3.05. The van der Waals surface area contributed by atoms with Gasteiger partial charge >= 0.3 is 0 Å². The van der Waals surface area contributed by atoms with Crippen LogP contribution in [0.25, 0.3) is 0 Å². The van der Waals surface area contributed by atoms with Gasteiger partial charge in [-0.2, -0.15) is 0 Å². The van der Waals surface area contributed by atoms with Gasteiger partial charge in [0.1, 0.15) is 10.8 Å². The van der Waals surface area contributed by atoms with Crippen LogP contribution in [0.15, 0.2) is 24.4 Å². The highest BCUT2D eigenvalue weighted by Crippen LogP contribution is 2.29. The summed E-state index contributed by atoms with van der Waals surface area (Å²) in [6.07, 6.45) is 3.08. The van der Waals surface area contributed by atoms with Gasteiger partial charge in [-0.25, -0.2) is 4.98 Å². The van der Waals surface area contributed by atoms with Crippen LogP contribution in [0.2, 0.25) is 0 Å². The van der Waals surface area contributed by atoms with Crippen LogP contribution >= 0.6 is 11.3 Å². The van der Waals surface area contributed by atoms with Gasteiger partial charge in [0.15, 0.2) is 0 Å². The summed E-state index contributed by atoms with van der Waals surface area (Å²) in [6, 6.07) is 5.94. The van der Waals surface area contributed by atoms with Crippen LogP contribution in [0, 0.1) is 0 Å². The van der Waals surface area contributed by atoms with Gasteiger partial charge in [-0.15, -0.1) is 11.3 Å². The molecule has 21 heavy (non-hydrogen) atoms. The molecule has 2 rings (SSSR count). The van der Waals surface area contributed by atoms with E-state index >= 15 is 0 Å². The minimum atomic E-state index is 0.103. The number of aryl methyl sites for hydroxylation is 1. The molecule has 0 bridgehead atoms. The summed E-state index contributed by atoms with van der Waals surface area (Å²) in [5, 5.41) is 4.54. The molecule has 0 aliphatic rings. The zero-order valence-corrected chi connectivity index (χ0v) is 13.8. The maximum Gasteiger partial charge on any atom is 0.144 e. The molecule has 1 heterocycles. The number of aromatic nitrogens is 1. The molecule has 0 spiro atoms. The number of nitrogens with two attached hydrogens (primary N) is 1. The fourth-order valence-corrected chi connectivity index (χ4v) is 2.84. The fraction of sp³-hybridized carbons (Fsp3) is 0.438. The van der Waals surface area contributed by atoms with Crippen LogP contribution in [-0.4, -0.2) is 11.1 Å². The summed E-state index contributed by atoms with van der Waals surface area (Å²) >= 11 is 1.75. The molecule has 0 saturated carbocycles. The van der Waals surface area contributed by atoms with Crippen molar-refractivity contribution in [1.82, 2.24) is 4.98 Å². The number of rotatable bonds is 6. The average Bonchev–Trinajstić information content (AvgIpc) is 2.91. The molecule has 1 atom stereocenters. The Hall–Kier alpha value is -1.75. The van der Waals surface area contributed by atoms with Gasteiger partial charge in [0, 0.05) is 22.8 Å². The summed E-state index contributed by atoms with van der Waals surface area (Å²) in [6.45, 7) is 8.23. The van der Waals surface area contributed by atoms with Crippen LogP contribution in [-0.2, 0) is 6.42 Å². The molecule has 5 heteroatoms. The van der Waals surface area contributed by atoms with Crippen molar-refractivity contribution in [1.29, 1.82) is 0 Å². The lowest BCUT2D eigenvalue weighted by Crippen LogP contribution is -2.09. The summed E-state index contributed by atoms with van der Waals surface area (Å²) in [7, 11) is 0. The zero-order chi connectivity index (χ0) is 15.4. The highest BCUT2D eigenvalue weighted by molar-refractivity contribution is 7.11. The van der Waals surface area contributed by atoms with Crippen molar-refractivity contribution in [2.75, 3.05) is 11.1 Å². The highest BCUT2D eigenvalue weighted by Gasteiger charge is 2.11. The zero-order valence-electron chi connectivity index (χ0n) is 13.0.